The van der Waals surface area contributed by atoms with Crippen molar-refractivity contribution < 1.29 is 14.3 Å². The number of ether oxygens (including phenoxy) is 2. The van der Waals surface area contributed by atoms with Crippen LogP contribution in [-0.2, 0) is 9.47 Å². The van der Waals surface area contributed by atoms with Gasteiger partial charge in [-0.2, -0.15) is 0 Å². The topological polar surface area (TPSA) is 124 Å². The van der Waals surface area contributed by atoms with Crippen molar-refractivity contribution in [3.05, 3.63) is 46.6 Å². The first-order chi connectivity index (χ1) is 16.6. The molecule has 3 fully saturated rings. The minimum atomic E-state index is -0.268. The summed E-state index contributed by atoms with van der Waals surface area (Å²) in [4.78, 5) is 30.5. The number of anilines is 3. The Morgan fingerprint density at radius 3 is 2.76 bits per heavy atom. The van der Waals surface area contributed by atoms with Crippen molar-refractivity contribution in [3.63, 3.8) is 0 Å². The fourth-order valence-electron chi connectivity index (χ4n) is 5.13. The molecule has 4 heterocycles. The zero-order valence-corrected chi connectivity index (χ0v) is 19.0. The number of pyridine rings is 1. The van der Waals surface area contributed by atoms with E-state index in [9.17, 15) is 9.59 Å². The Bertz CT molecular complexity index is 1310. The van der Waals surface area contributed by atoms with Gasteiger partial charge in [0.2, 0.25) is 0 Å². The number of aromatic nitrogens is 4. The van der Waals surface area contributed by atoms with Gasteiger partial charge in [0.1, 0.15) is 5.69 Å². The highest BCUT2D eigenvalue weighted by atomic mass is 16.5. The van der Waals surface area contributed by atoms with Gasteiger partial charge in [-0.15, -0.1) is 5.10 Å². The first kappa shape index (κ1) is 21.1. The second-order valence-corrected chi connectivity index (χ2v) is 9.12. The maximum absolute atomic E-state index is 13.2. The molecular formula is C23H27N7O4. The van der Waals surface area contributed by atoms with Crippen LogP contribution in [0.1, 0.15) is 29.4 Å². The molecule has 1 aliphatic heterocycles. The van der Waals surface area contributed by atoms with Gasteiger partial charge in [0.15, 0.2) is 17.2 Å². The normalized spacial score (nSPS) is 27.2. The summed E-state index contributed by atoms with van der Waals surface area (Å²) in [5, 5.41) is 13.8. The van der Waals surface area contributed by atoms with Crippen LogP contribution >= 0.6 is 0 Å². The largest absolute Gasteiger partial charge is 0.385 e. The molecule has 0 bridgehead atoms. The van der Waals surface area contributed by atoms with Crippen LogP contribution in [0.25, 0.3) is 5.65 Å². The van der Waals surface area contributed by atoms with Crippen molar-refractivity contribution in [3.8, 4) is 0 Å². The van der Waals surface area contributed by atoms with Gasteiger partial charge in [0.05, 0.1) is 37.2 Å². The minimum absolute atomic E-state index is 0.0248. The lowest BCUT2D eigenvalue weighted by molar-refractivity contribution is 0.00718. The number of methoxy groups -OCH3 is 1. The lowest BCUT2D eigenvalue weighted by Gasteiger charge is -2.35. The van der Waals surface area contributed by atoms with E-state index in [-0.39, 0.29) is 29.7 Å². The molecule has 2 aliphatic carbocycles. The van der Waals surface area contributed by atoms with Crippen molar-refractivity contribution in [1.82, 2.24) is 24.5 Å². The molecule has 6 rings (SSSR count). The molecule has 1 amide bonds. The van der Waals surface area contributed by atoms with Crippen LogP contribution in [0.4, 0.5) is 17.2 Å². The summed E-state index contributed by atoms with van der Waals surface area (Å²) in [6, 6.07) is 5.53. The zero-order chi connectivity index (χ0) is 23.4. The van der Waals surface area contributed by atoms with Crippen LogP contribution in [0.5, 0.6) is 0 Å². The van der Waals surface area contributed by atoms with Gasteiger partial charge in [-0.3, -0.25) is 9.59 Å². The molecule has 1 saturated heterocycles. The van der Waals surface area contributed by atoms with Gasteiger partial charge in [-0.1, -0.05) is 0 Å². The predicted molar refractivity (Wildman–Crippen MR) is 125 cm³/mol. The highest BCUT2D eigenvalue weighted by Crippen LogP contribution is 2.53. The first-order valence-electron chi connectivity index (χ1n) is 11.5. The minimum Gasteiger partial charge on any atom is -0.385 e. The molecule has 2 saturated carbocycles. The summed E-state index contributed by atoms with van der Waals surface area (Å²) in [5.41, 5.74) is 1.83. The standard InChI is InChI=1S/C23H27N7O4/c1-24-16-8-19(26-15-4-3-7-29(23(15)32)20-12-10-34-11-13(12)20)28-30-17(9-25-21(16)30)22(31)27-14-5-6-18(14)33-2/h3-4,7-9,12-14,18,20,24H,5-6,10-11H2,1-2H3,(H,26,28)(H,27,31)/t12-,13+,14?,18-,20?/m0/s1. The lowest BCUT2D eigenvalue weighted by Crippen LogP contribution is -2.51. The fraction of sp³-hybridized carbons (Fsp3) is 0.478. The number of hydrogen-bond donors (Lipinski definition) is 3. The van der Waals surface area contributed by atoms with Crippen LogP contribution in [0.15, 0.2) is 35.4 Å². The van der Waals surface area contributed by atoms with Crippen molar-refractivity contribution in [2.24, 2.45) is 11.8 Å². The second kappa shape index (κ2) is 8.10. The van der Waals surface area contributed by atoms with E-state index < -0.39 is 0 Å². The number of carbonyl (C=O) groups excluding carboxylic acids is 1. The van der Waals surface area contributed by atoms with E-state index in [1.54, 1.807) is 30.9 Å². The monoisotopic (exact) mass is 465 g/mol. The Hall–Kier alpha value is -3.44. The van der Waals surface area contributed by atoms with Gasteiger partial charge in [0.25, 0.3) is 11.5 Å². The molecule has 11 heteroatoms. The Labute approximate surface area is 195 Å². The first-order valence-corrected chi connectivity index (χ1v) is 11.5. The number of imidazole rings is 1. The van der Waals surface area contributed by atoms with E-state index in [2.05, 4.69) is 26.0 Å². The molecule has 5 atom stereocenters. The molecule has 34 heavy (non-hydrogen) atoms. The maximum atomic E-state index is 13.2. The molecular weight excluding hydrogens is 438 g/mol. The predicted octanol–water partition coefficient (Wildman–Crippen LogP) is 1.40. The van der Waals surface area contributed by atoms with E-state index in [0.717, 1.165) is 12.8 Å². The second-order valence-electron chi connectivity index (χ2n) is 9.12. The molecule has 0 radical (unpaired) electrons. The van der Waals surface area contributed by atoms with E-state index >= 15 is 0 Å². The Kier molecular flexibility index (Phi) is 5.03. The summed E-state index contributed by atoms with van der Waals surface area (Å²) in [6.07, 6.45) is 5.16. The van der Waals surface area contributed by atoms with Gasteiger partial charge < -0.3 is 30.0 Å². The molecule has 3 aliphatic rings. The zero-order valence-electron chi connectivity index (χ0n) is 19.0. The Balaban J connectivity index is 1.30. The molecule has 0 spiro atoms. The van der Waals surface area contributed by atoms with Crippen molar-refractivity contribution >= 4 is 28.7 Å². The average molecular weight is 466 g/mol. The highest BCUT2D eigenvalue weighted by molar-refractivity contribution is 5.94. The van der Waals surface area contributed by atoms with Crippen LogP contribution in [0, 0.1) is 11.8 Å². The van der Waals surface area contributed by atoms with Crippen LogP contribution in [0.2, 0.25) is 0 Å². The molecule has 3 aromatic rings. The van der Waals surface area contributed by atoms with Gasteiger partial charge in [0, 0.05) is 44.3 Å². The van der Waals surface area contributed by atoms with Crippen LogP contribution in [0.3, 0.4) is 0 Å². The van der Waals surface area contributed by atoms with Crippen LogP contribution in [-0.4, -0.2) is 64.6 Å². The molecule has 3 aromatic heterocycles. The maximum Gasteiger partial charge on any atom is 0.274 e. The smallest absolute Gasteiger partial charge is 0.274 e. The third-order valence-electron chi connectivity index (χ3n) is 7.27. The van der Waals surface area contributed by atoms with Gasteiger partial charge in [-0.05, 0) is 25.0 Å². The summed E-state index contributed by atoms with van der Waals surface area (Å²) in [5.74, 6) is 0.990. The number of nitrogens with one attached hydrogen (secondary N) is 3. The van der Waals surface area contributed by atoms with E-state index in [1.807, 2.05) is 12.3 Å². The van der Waals surface area contributed by atoms with Crippen LogP contribution < -0.4 is 21.5 Å². The fourth-order valence-corrected chi connectivity index (χ4v) is 5.13. The lowest BCUT2D eigenvalue weighted by atomic mass is 9.89. The van der Waals surface area contributed by atoms with Crippen molar-refractivity contribution in [2.75, 3.05) is 38.0 Å². The SMILES string of the molecule is CNc1cc(Nc2cccn(C3[C@H]4COC[C@@H]34)c2=O)nn2c(C(=O)NC3CC[C@@H]3OC)cnc12. The number of rotatable bonds is 7. The highest BCUT2D eigenvalue weighted by Gasteiger charge is 2.55. The summed E-state index contributed by atoms with van der Waals surface area (Å²) < 4.78 is 14.1. The molecule has 11 nitrogen and oxygen atoms in total. The third kappa shape index (κ3) is 3.34. The Morgan fingerprint density at radius 2 is 2.06 bits per heavy atom. The van der Waals surface area contributed by atoms with E-state index in [4.69, 9.17) is 9.47 Å². The Morgan fingerprint density at radius 1 is 1.24 bits per heavy atom. The van der Waals surface area contributed by atoms with Crippen molar-refractivity contribution in [2.45, 2.75) is 31.0 Å². The van der Waals surface area contributed by atoms with E-state index in [0.29, 0.717) is 53.6 Å². The average Bonchev–Trinajstić information content (AvgIpc) is 3.15. The number of fused-ring (bicyclic) bond motifs is 2. The number of hydrogen-bond acceptors (Lipinski definition) is 8. The number of nitrogens with zero attached hydrogens (tertiary/aromatic N) is 4. The molecule has 178 valence electrons. The summed E-state index contributed by atoms with van der Waals surface area (Å²) in [7, 11) is 3.42. The summed E-state index contributed by atoms with van der Waals surface area (Å²) in [6.45, 7) is 1.42. The molecule has 3 N–H and O–H groups in total. The van der Waals surface area contributed by atoms with Gasteiger partial charge in [-0.25, -0.2) is 9.50 Å². The molecule has 2 unspecified atom stereocenters. The third-order valence-corrected chi connectivity index (χ3v) is 7.27. The summed E-state index contributed by atoms with van der Waals surface area (Å²) >= 11 is 0. The number of carbonyl (C=O) groups is 1. The van der Waals surface area contributed by atoms with E-state index in [1.165, 1.54) is 10.7 Å². The quantitative estimate of drug-likeness (QED) is 0.478. The number of amides is 1. The van der Waals surface area contributed by atoms with Gasteiger partial charge >= 0.3 is 0 Å². The molecule has 0 aromatic carbocycles. The van der Waals surface area contributed by atoms with Crippen molar-refractivity contribution in [1.29, 1.82) is 0 Å².